The van der Waals surface area contributed by atoms with E-state index in [4.69, 9.17) is 5.73 Å². The molecule has 1 aromatic carbocycles. The second-order valence-corrected chi connectivity index (χ2v) is 7.40. The molecule has 0 aliphatic carbocycles. The Morgan fingerprint density at radius 2 is 1.97 bits per heavy atom. The quantitative estimate of drug-likeness (QED) is 0.267. The topological polar surface area (TPSA) is 101 Å². The van der Waals surface area contributed by atoms with Crippen LogP contribution in [0.5, 0.6) is 0 Å². The van der Waals surface area contributed by atoms with E-state index in [2.05, 4.69) is 25.6 Å². The van der Waals surface area contributed by atoms with E-state index in [0.29, 0.717) is 25.6 Å². The number of primary amides is 1. The molecule has 2 aromatic rings. The standard InChI is InChI=1S/C21H30FN7O.HI/c1-2-24-21(26-17-8-12-28(13-9-17)15-20(23)30)25-11-7-18-10-14-29(27-18)19-5-3-16(22)4-6-19;/h3-6,10,14,17H,2,7-9,11-13,15H2,1H3,(H2,23,30)(H2,24,25,26);1H. The van der Waals surface area contributed by atoms with Crippen molar-refractivity contribution in [3.05, 3.63) is 48.0 Å². The largest absolute Gasteiger partial charge is 0.369 e. The molecular formula is C21H31FIN7O. The summed E-state index contributed by atoms with van der Waals surface area (Å²) in [6.07, 6.45) is 4.47. The van der Waals surface area contributed by atoms with Gasteiger partial charge in [0, 0.05) is 44.8 Å². The van der Waals surface area contributed by atoms with Crippen LogP contribution in [0.4, 0.5) is 4.39 Å². The van der Waals surface area contributed by atoms with E-state index < -0.39 is 0 Å². The van der Waals surface area contributed by atoms with Gasteiger partial charge in [-0.15, -0.1) is 24.0 Å². The molecule has 0 radical (unpaired) electrons. The summed E-state index contributed by atoms with van der Waals surface area (Å²) in [5, 5.41) is 11.3. The molecule has 0 unspecified atom stereocenters. The van der Waals surface area contributed by atoms with E-state index in [1.165, 1.54) is 12.1 Å². The molecule has 1 fully saturated rings. The number of halogens is 2. The number of aromatic nitrogens is 2. The summed E-state index contributed by atoms with van der Waals surface area (Å²) in [7, 11) is 0. The van der Waals surface area contributed by atoms with Crippen LogP contribution in [0.25, 0.3) is 5.69 Å². The zero-order valence-corrected chi connectivity index (χ0v) is 20.1. The number of rotatable bonds is 8. The number of amides is 1. The Bertz CT molecular complexity index is 848. The molecule has 1 aliphatic heterocycles. The van der Waals surface area contributed by atoms with Gasteiger partial charge in [-0.1, -0.05) is 0 Å². The lowest BCUT2D eigenvalue weighted by Crippen LogP contribution is -2.49. The summed E-state index contributed by atoms with van der Waals surface area (Å²) in [6, 6.07) is 8.53. The van der Waals surface area contributed by atoms with Crippen molar-refractivity contribution in [3.63, 3.8) is 0 Å². The first-order chi connectivity index (χ1) is 14.5. The van der Waals surface area contributed by atoms with E-state index in [9.17, 15) is 9.18 Å². The number of hydrogen-bond acceptors (Lipinski definition) is 4. The summed E-state index contributed by atoms with van der Waals surface area (Å²) >= 11 is 0. The first kappa shape index (κ1) is 25.1. The number of carbonyl (C=O) groups excluding carboxylic acids is 1. The van der Waals surface area contributed by atoms with Crippen molar-refractivity contribution in [2.24, 2.45) is 10.7 Å². The lowest BCUT2D eigenvalue weighted by atomic mass is 10.1. The van der Waals surface area contributed by atoms with Gasteiger partial charge in [0.05, 0.1) is 17.9 Å². The van der Waals surface area contributed by atoms with E-state index in [1.807, 2.05) is 19.2 Å². The van der Waals surface area contributed by atoms with Crippen molar-refractivity contribution in [3.8, 4) is 5.69 Å². The Kier molecular flexibility index (Phi) is 10.2. The minimum Gasteiger partial charge on any atom is -0.369 e. The SMILES string of the molecule is CCNC(=NCCc1ccn(-c2ccc(F)cc2)n1)NC1CCN(CC(N)=O)CC1.I. The number of hydrogen-bond donors (Lipinski definition) is 3. The molecule has 0 atom stereocenters. The van der Waals surface area contributed by atoms with E-state index in [1.54, 1.807) is 16.8 Å². The van der Waals surface area contributed by atoms with Gasteiger partial charge in [-0.05, 0) is 50.1 Å². The summed E-state index contributed by atoms with van der Waals surface area (Å²) in [5.41, 5.74) is 7.03. The molecule has 4 N–H and O–H groups in total. The Labute approximate surface area is 199 Å². The van der Waals surface area contributed by atoms with Gasteiger partial charge in [-0.2, -0.15) is 5.10 Å². The average Bonchev–Trinajstić information content (AvgIpc) is 3.18. The van der Waals surface area contributed by atoms with Gasteiger partial charge in [0.2, 0.25) is 5.91 Å². The van der Waals surface area contributed by atoms with Crippen molar-refractivity contribution in [2.45, 2.75) is 32.2 Å². The van der Waals surface area contributed by atoms with Crippen molar-refractivity contribution in [1.29, 1.82) is 0 Å². The lowest BCUT2D eigenvalue weighted by Gasteiger charge is -2.32. The van der Waals surface area contributed by atoms with Gasteiger partial charge in [-0.3, -0.25) is 14.7 Å². The highest BCUT2D eigenvalue weighted by Crippen LogP contribution is 2.11. The third-order valence-electron chi connectivity index (χ3n) is 5.03. The first-order valence-corrected chi connectivity index (χ1v) is 10.4. The predicted octanol–water partition coefficient (Wildman–Crippen LogP) is 1.68. The predicted molar refractivity (Wildman–Crippen MR) is 130 cm³/mol. The van der Waals surface area contributed by atoms with Crippen LogP contribution in [0.1, 0.15) is 25.5 Å². The average molecular weight is 543 g/mol. The number of aliphatic imine (C=N–C) groups is 1. The van der Waals surface area contributed by atoms with Crippen LogP contribution >= 0.6 is 24.0 Å². The number of guanidine groups is 1. The third-order valence-corrected chi connectivity index (χ3v) is 5.03. The molecule has 31 heavy (non-hydrogen) atoms. The number of nitrogens with one attached hydrogen (secondary N) is 2. The second kappa shape index (κ2) is 12.6. The van der Waals surface area contributed by atoms with Crippen molar-refractivity contribution in [1.82, 2.24) is 25.3 Å². The van der Waals surface area contributed by atoms with E-state index >= 15 is 0 Å². The Morgan fingerprint density at radius 1 is 1.26 bits per heavy atom. The maximum Gasteiger partial charge on any atom is 0.231 e. The fourth-order valence-corrected chi connectivity index (χ4v) is 3.48. The zero-order chi connectivity index (χ0) is 21.3. The van der Waals surface area contributed by atoms with Gasteiger partial charge in [0.15, 0.2) is 5.96 Å². The normalized spacial score (nSPS) is 15.4. The number of likely N-dealkylation sites (tertiary alicyclic amines) is 1. The fourth-order valence-electron chi connectivity index (χ4n) is 3.48. The molecule has 1 aliphatic rings. The third kappa shape index (κ3) is 8.09. The van der Waals surface area contributed by atoms with Gasteiger partial charge in [-0.25, -0.2) is 9.07 Å². The molecule has 10 heteroatoms. The summed E-state index contributed by atoms with van der Waals surface area (Å²) in [4.78, 5) is 17.8. The molecule has 1 saturated heterocycles. The Balaban J connectivity index is 0.00000341. The fraction of sp³-hybridized carbons (Fsp3) is 0.476. The van der Waals surface area contributed by atoms with Crippen LogP contribution in [-0.2, 0) is 11.2 Å². The lowest BCUT2D eigenvalue weighted by molar-refractivity contribution is -0.119. The molecule has 2 heterocycles. The van der Waals surface area contributed by atoms with Crippen LogP contribution in [0.3, 0.4) is 0 Å². The van der Waals surface area contributed by atoms with Crippen LogP contribution in [-0.4, -0.2) is 65.3 Å². The number of nitrogens with two attached hydrogens (primary N) is 1. The molecule has 0 saturated carbocycles. The first-order valence-electron chi connectivity index (χ1n) is 10.4. The molecular weight excluding hydrogens is 512 g/mol. The van der Waals surface area contributed by atoms with Crippen molar-refractivity contribution in [2.75, 3.05) is 32.7 Å². The van der Waals surface area contributed by atoms with Gasteiger partial charge in [0.1, 0.15) is 5.82 Å². The van der Waals surface area contributed by atoms with Crippen LogP contribution in [0.15, 0.2) is 41.5 Å². The van der Waals surface area contributed by atoms with E-state index in [0.717, 1.165) is 49.8 Å². The molecule has 8 nitrogen and oxygen atoms in total. The molecule has 0 spiro atoms. The van der Waals surface area contributed by atoms with E-state index in [-0.39, 0.29) is 35.7 Å². The van der Waals surface area contributed by atoms with Crippen LogP contribution in [0, 0.1) is 5.82 Å². The minimum absolute atomic E-state index is 0. The summed E-state index contributed by atoms with van der Waals surface area (Å²) in [6.45, 7) is 5.45. The Hall–Kier alpha value is -2.21. The number of benzene rings is 1. The highest BCUT2D eigenvalue weighted by Gasteiger charge is 2.20. The second-order valence-electron chi connectivity index (χ2n) is 7.40. The van der Waals surface area contributed by atoms with Crippen molar-refractivity contribution < 1.29 is 9.18 Å². The molecule has 170 valence electrons. The summed E-state index contributed by atoms with van der Waals surface area (Å²) in [5.74, 6) is 0.254. The highest BCUT2D eigenvalue weighted by atomic mass is 127. The highest BCUT2D eigenvalue weighted by molar-refractivity contribution is 14.0. The number of carbonyl (C=O) groups is 1. The smallest absolute Gasteiger partial charge is 0.231 e. The minimum atomic E-state index is -0.279. The number of piperidine rings is 1. The van der Waals surface area contributed by atoms with Gasteiger partial charge < -0.3 is 16.4 Å². The van der Waals surface area contributed by atoms with Crippen LogP contribution < -0.4 is 16.4 Å². The molecule has 1 amide bonds. The number of nitrogens with zero attached hydrogens (tertiary/aromatic N) is 4. The van der Waals surface area contributed by atoms with Crippen molar-refractivity contribution >= 4 is 35.8 Å². The Morgan fingerprint density at radius 3 is 2.61 bits per heavy atom. The van der Waals surface area contributed by atoms with Gasteiger partial charge in [0.25, 0.3) is 0 Å². The maximum absolute atomic E-state index is 13.1. The zero-order valence-electron chi connectivity index (χ0n) is 17.8. The molecule has 3 rings (SSSR count). The monoisotopic (exact) mass is 543 g/mol. The van der Waals surface area contributed by atoms with Gasteiger partial charge >= 0.3 is 0 Å². The summed E-state index contributed by atoms with van der Waals surface area (Å²) < 4.78 is 14.8. The molecule has 1 aromatic heterocycles. The maximum atomic E-state index is 13.1. The molecule has 0 bridgehead atoms. The van der Waals surface area contributed by atoms with Crippen LogP contribution in [0.2, 0.25) is 0 Å².